The lowest BCUT2D eigenvalue weighted by Crippen LogP contribution is -2.50. The van der Waals surface area contributed by atoms with Gasteiger partial charge in [-0.25, -0.2) is 9.59 Å². The van der Waals surface area contributed by atoms with Gasteiger partial charge in [0.2, 0.25) is 6.10 Å². The zero-order valence-electron chi connectivity index (χ0n) is 10.2. The molecule has 1 unspecified atom stereocenters. The van der Waals surface area contributed by atoms with E-state index in [-0.39, 0.29) is 12.6 Å². The molecule has 1 aromatic rings. The molecule has 0 aromatic heterocycles. The molecule has 1 atom stereocenters. The van der Waals surface area contributed by atoms with Crippen LogP contribution >= 0.6 is 0 Å². The van der Waals surface area contributed by atoms with Crippen molar-refractivity contribution < 1.29 is 19.4 Å². The first-order valence-corrected chi connectivity index (χ1v) is 5.78. The van der Waals surface area contributed by atoms with E-state index in [1.54, 1.807) is 30.3 Å². The Morgan fingerprint density at radius 1 is 1.53 bits per heavy atom. The maximum atomic E-state index is 12.0. The Kier molecular flexibility index (Phi) is 3.70. The summed E-state index contributed by atoms with van der Waals surface area (Å²) in [6, 6.07) is 6.46. The smallest absolute Gasteiger partial charge is 0.346 e. The summed E-state index contributed by atoms with van der Waals surface area (Å²) in [5.41, 5.74) is 0.557. The fraction of sp³-hybridized carbons (Fsp3) is 0.231. The van der Waals surface area contributed by atoms with Crippen molar-refractivity contribution in [3.8, 4) is 5.75 Å². The van der Waals surface area contributed by atoms with Crippen LogP contribution in [0.5, 0.6) is 5.75 Å². The number of rotatable bonds is 3. The Balaban J connectivity index is 2.28. The first-order chi connectivity index (χ1) is 9.13. The number of nitrogens with one attached hydrogen (secondary N) is 1. The normalized spacial score (nSPS) is 17.1. The topological polar surface area (TPSA) is 78.9 Å². The number of carbonyl (C=O) groups is 2. The highest BCUT2D eigenvalue weighted by molar-refractivity contribution is 5.95. The van der Waals surface area contributed by atoms with Crippen LogP contribution in [0, 0.1) is 0 Å². The third-order valence-corrected chi connectivity index (χ3v) is 2.69. The lowest BCUT2D eigenvalue weighted by atomic mass is 10.2. The van der Waals surface area contributed by atoms with Crippen molar-refractivity contribution in [2.75, 3.05) is 18.0 Å². The zero-order valence-corrected chi connectivity index (χ0v) is 10.2. The number of ether oxygens (including phenoxy) is 1. The average molecular weight is 262 g/mol. The van der Waals surface area contributed by atoms with E-state index >= 15 is 0 Å². The second kappa shape index (κ2) is 5.43. The maximum absolute atomic E-state index is 12.0. The summed E-state index contributed by atoms with van der Waals surface area (Å²) in [4.78, 5) is 24.4. The standard InChI is InChI=1S/C13H14N2O4/c1-2-7-14-13(18)15-8-11(12(16)17)19-10-6-4-3-5-9(10)15/h2-6,11H,1,7-8H2,(H,14,18)(H,16,17). The lowest BCUT2D eigenvalue weighted by Gasteiger charge is -2.32. The van der Waals surface area contributed by atoms with Gasteiger partial charge in [-0.05, 0) is 12.1 Å². The number of aliphatic carboxylic acids is 1. The van der Waals surface area contributed by atoms with Gasteiger partial charge in [-0.3, -0.25) is 4.90 Å². The number of carboxylic acid groups (broad SMARTS) is 1. The minimum atomic E-state index is -1.10. The lowest BCUT2D eigenvalue weighted by molar-refractivity contribution is -0.144. The number of para-hydroxylation sites is 2. The molecule has 1 aliphatic heterocycles. The molecule has 2 N–H and O–H groups in total. The van der Waals surface area contributed by atoms with Crippen LogP contribution in [0.25, 0.3) is 0 Å². The number of nitrogens with zero attached hydrogens (tertiary/aromatic N) is 1. The van der Waals surface area contributed by atoms with Crippen LogP contribution in [0.4, 0.5) is 10.5 Å². The van der Waals surface area contributed by atoms with E-state index in [4.69, 9.17) is 9.84 Å². The average Bonchev–Trinajstić information content (AvgIpc) is 2.43. The molecular formula is C13H14N2O4. The van der Waals surface area contributed by atoms with Gasteiger partial charge in [0.05, 0.1) is 12.2 Å². The van der Waals surface area contributed by atoms with Crippen molar-refractivity contribution in [2.45, 2.75) is 6.10 Å². The van der Waals surface area contributed by atoms with Crippen molar-refractivity contribution in [1.29, 1.82) is 0 Å². The van der Waals surface area contributed by atoms with E-state index in [0.717, 1.165) is 0 Å². The van der Waals surface area contributed by atoms with Crippen LogP contribution in [0.2, 0.25) is 0 Å². The maximum Gasteiger partial charge on any atom is 0.346 e. The van der Waals surface area contributed by atoms with Gasteiger partial charge >= 0.3 is 12.0 Å². The van der Waals surface area contributed by atoms with E-state index in [0.29, 0.717) is 18.0 Å². The molecule has 1 aliphatic rings. The number of carbonyl (C=O) groups excluding carboxylic acids is 1. The summed E-state index contributed by atoms with van der Waals surface area (Å²) in [6.45, 7) is 3.80. The molecule has 6 nitrogen and oxygen atoms in total. The minimum Gasteiger partial charge on any atom is -0.478 e. The number of benzene rings is 1. The molecule has 100 valence electrons. The van der Waals surface area contributed by atoms with E-state index in [1.165, 1.54) is 4.90 Å². The van der Waals surface area contributed by atoms with E-state index in [1.807, 2.05) is 0 Å². The molecule has 0 fully saturated rings. The minimum absolute atomic E-state index is 0.0324. The van der Waals surface area contributed by atoms with Gasteiger partial charge in [-0.15, -0.1) is 6.58 Å². The van der Waals surface area contributed by atoms with Crippen molar-refractivity contribution >= 4 is 17.7 Å². The van der Waals surface area contributed by atoms with Gasteiger partial charge in [0.1, 0.15) is 5.75 Å². The summed E-state index contributed by atoms with van der Waals surface area (Å²) in [6.07, 6.45) is 0.489. The third kappa shape index (κ3) is 2.67. The molecule has 0 saturated heterocycles. The molecule has 1 heterocycles. The number of hydrogen-bond acceptors (Lipinski definition) is 3. The number of amides is 2. The first-order valence-electron chi connectivity index (χ1n) is 5.78. The number of carboxylic acids is 1. The highest BCUT2D eigenvalue weighted by Gasteiger charge is 2.33. The molecule has 2 amide bonds. The molecule has 0 aliphatic carbocycles. The third-order valence-electron chi connectivity index (χ3n) is 2.69. The van der Waals surface area contributed by atoms with Crippen molar-refractivity contribution in [3.05, 3.63) is 36.9 Å². The van der Waals surface area contributed by atoms with E-state index in [9.17, 15) is 9.59 Å². The quantitative estimate of drug-likeness (QED) is 0.803. The summed E-state index contributed by atoms with van der Waals surface area (Å²) in [7, 11) is 0. The van der Waals surface area contributed by atoms with Crippen LogP contribution in [0.1, 0.15) is 0 Å². The van der Waals surface area contributed by atoms with E-state index < -0.39 is 12.1 Å². The molecule has 0 saturated carbocycles. The van der Waals surface area contributed by atoms with Crippen LogP contribution in [0.3, 0.4) is 0 Å². The highest BCUT2D eigenvalue weighted by atomic mass is 16.5. The second-order valence-electron chi connectivity index (χ2n) is 4.00. The Hall–Kier alpha value is -2.50. The van der Waals surface area contributed by atoms with Crippen LogP contribution in [-0.2, 0) is 4.79 Å². The van der Waals surface area contributed by atoms with Crippen LogP contribution in [0.15, 0.2) is 36.9 Å². The number of fused-ring (bicyclic) bond motifs is 1. The fourth-order valence-corrected chi connectivity index (χ4v) is 1.81. The first kappa shape index (κ1) is 12.9. The summed E-state index contributed by atoms with van der Waals surface area (Å²) in [5, 5.41) is 11.7. The number of hydrogen-bond donors (Lipinski definition) is 2. The SMILES string of the molecule is C=CCNC(=O)N1CC(C(=O)O)Oc2ccccc21. The van der Waals surface area contributed by atoms with Gasteiger partial charge in [0.15, 0.2) is 0 Å². The van der Waals surface area contributed by atoms with Gasteiger partial charge in [0.25, 0.3) is 0 Å². The van der Waals surface area contributed by atoms with Crippen molar-refractivity contribution in [1.82, 2.24) is 5.32 Å². The molecule has 6 heteroatoms. The molecule has 19 heavy (non-hydrogen) atoms. The Morgan fingerprint density at radius 3 is 2.95 bits per heavy atom. The van der Waals surface area contributed by atoms with Gasteiger partial charge < -0.3 is 15.2 Å². The van der Waals surface area contributed by atoms with Crippen LogP contribution in [-0.4, -0.2) is 36.3 Å². The second-order valence-corrected chi connectivity index (χ2v) is 4.00. The molecular weight excluding hydrogens is 248 g/mol. The Labute approximate surface area is 110 Å². The zero-order chi connectivity index (χ0) is 13.8. The van der Waals surface area contributed by atoms with Gasteiger partial charge in [-0.2, -0.15) is 0 Å². The molecule has 0 bridgehead atoms. The summed E-state index contributed by atoms with van der Waals surface area (Å²) in [5.74, 6) is -0.717. The number of anilines is 1. The summed E-state index contributed by atoms with van der Waals surface area (Å²) >= 11 is 0. The molecule has 0 radical (unpaired) electrons. The van der Waals surface area contributed by atoms with E-state index in [2.05, 4.69) is 11.9 Å². The van der Waals surface area contributed by atoms with Crippen LogP contribution < -0.4 is 15.0 Å². The largest absolute Gasteiger partial charge is 0.478 e. The van der Waals surface area contributed by atoms with Gasteiger partial charge in [-0.1, -0.05) is 18.2 Å². The number of urea groups is 1. The van der Waals surface area contributed by atoms with Gasteiger partial charge in [0, 0.05) is 6.54 Å². The molecule has 0 spiro atoms. The highest BCUT2D eigenvalue weighted by Crippen LogP contribution is 2.33. The monoisotopic (exact) mass is 262 g/mol. The molecule has 2 rings (SSSR count). The summed E-state index contributed by atoms with van der Waals surface area (Å²) < 4.78 is 5.34. The van der Waals surface area contributed by atoms with Crippen molar-refractivity contribution in [3.63, 3.8) is 0 Å². The predicted molar refractivity (Wildman–Crippen MR) is 69.4 cm³/mol. The Bertz CT molecular complexity index is 515. The molecule has 1 aromatic carbocycles. The fourth-order valence-electron chi connectivity index (χ4n) is 1.81. The van der Waals surface area contributed by atoms with Crippen molar-refractivity contribution in [2.24, 2.45) is 0 Å². The Morgan fingerprint density at radius 2 is 2.26 bits per heavy atom. The predicted octanol–water partition coefficient (Wildman–Crippen LogP) is 1.23.